The minimum absolute atomic E-state index is 0.174. The van der Waals surface area contributed by atoms with Crippen molar-refractivity contribution in [3.05, 3.63) is 90.6 Å². The fourth-order valence-electron chi connectivity index (χ4n) is 4.23. The number of amides is 1. The molecular formula is C30H36N4O5S. The smallest absolute Gasteiger partial charge is 0.410 e. The van der Waals surface area contributed by atoms with Gasteiger partial charge in [-0.05, 0) is 74.4 Å². The van der Waals surface area contributed by atoms with E-state index < -0.39 is 22.2 Å². The Labute approximate surface area is 235 Å². The van der Waals surface area contributed by atoms with Gasteiger partial charge in [-0.3, -0.25) is 4.72 Å². The average Bonchev–Trinajstić information content (AvgIpc) is 3.33. The van der Waals surface area contributed by atoms with Gasteiger partial charge in [-0.15, -0.1) is 0 Å². The molecule has 0 radical (unpaired) electrons. The van der Waals surface area contributed by atoms with Gasteiger partial charge in [0.25, 0.3) is 10.0 Å². The standard InChI is InChI=1S/C30H36N4O5S/c1-30(2,16-18-34-17-15-22-20-25(13-14-27(22)34)39-29(36)33(3)4)31-21-28(35)23-9-8-10-24(19-23)32-40(37,38)26-11-6-5-7-12-26/h5-15,17,19-20,28,31-32,35H,16,18,21H2,1-4H3/t28-/m0/s1. The number of rotatable bonds is 11. The van der Waals surface area contributed by atoms with Crippen LogP contribution in [0.25, 0.3) is 10.9 Å². The zero-order chi connectivity index (χ0) is 28.9. The van der Waals surface area contributed by atoms with E-state index in [1.165, 1.54) is 17.0 Å². The second-order valence-electron chi connectivity index (χ2n) is 10.6. The number of carbonyl (C=O) groups excluding carboxylic acids is 1. The number of aliphatic hydroxyl groups excluding tert-OH is 1. The van der Waals surface area contributed by atoms with Crippen LogP contribution < -0.4 is 14.8 Å². The first-order valence-electron chi connectivity index (χ1n) is 13.0. The molecule has 3 N–H and O–H groups in total. The van der Waals surface area contributed by atoms with Gasteiger partial charge in [0.1, 0.15) is 5.75 Å². The van der Waals surface area contributed by atoms with Crippen molar-refractivity contribution in [2.75, 3.05) is 25.4 Å². The summed E-state index contributed by atoms with van der Waals surface area (Å²) in [5.74, 6) is 0.497. The summed E-state index contributed by atoms with van der Waals surface area (Å²) in [7, 11) is -0.442. The number of aromatic nitrogens is 1. The number of fused-ring (bicyclic) bond motifs is 1. The Hall–Kier alpha value is -3.86. The van der Waals surface area contributed by atoms with Crippen LogP contribution in [0.4, 0.5) is 10.5 Å². The first-order valence-corrected chi connectivity index (χ1v) is 14.5. The van der Waals surface area contributed by atoms with Crippen molar-refractivity contribution >= 4 is 32.7 Å². The predicted molar refractivity (Wildman–Crippen MR) is 157 cm³/mol. The second-order valence-corrected chi connectivity index (χ2v) is 12.2. The number of benzene rings is 3. The molecule has 4 aromatic rings. The molecule has 0 aliphatic carbocycles. The number of aliphatic hydroxyl groups is 1. The largest absolute Gasteiger partial charge is 0.414 e. The van der Waals surface area contributed by atoms with E-state index >= 15 is 0 Å². The van der Waals surface area contributed by atoms with E-state index in [1.807, 2.05) is 24.4 Å². The molecule has 0 spiro atoms. The summed E-state index contributed by atoms with van der Waals surface area (Å²) in [5, 5.41) is 15.3. The summed E-state index contributed by atoms with van der Waals surface area (Å²) in [5.41, 5.74) is 1.75. The van der Waals surface area contributed by atoms with Gasteiger partial charge in [-0.2, -0.15) is 0 Å². The molecule has 10 heteroatoms. The van der Waals surface area contributed by atoms with Gasteiger partial charge >= 0.3 is 6.09 Å². The van der Waals surface area contributed by atoms with Gasteiger partial charge in [0, 0.05) is 55.5 Å². The Balaban J connectivity index is 1.33. The fraction of sp³-hybridized carbons (Fsp3) is 0.300. The van der Waals surface area contributed by atoms with Crippen molar-refractivity contribution in [1.82, 2.24) is 14.8 Å². The third-order valence-corrected chi connectivity index (χ3v) is 8.04. The third-order valence-electron chi connectivity index (χ3n) is 6.64. The van der Waals surface area contributed by atoms with E-state index in [0.717, 1.165) is 23.9 Å². The second kappa shape index (κ2) is 12.1. The van der Waals surface area contributed by atoms with Gasteiger partial charge < -0.3 is 24.6 Å². The Bertz CT molecular complexity index is 1570. The monoisotopic (exact) mass is 564 g/mol. The molecule has 4 rings (SSSR count). The summed E-state index contributed by atoms with van der Waals surface area (Å²) >= 11 is 0. The summed E-state index contributed by atoms with van der Waals surface area (Å²) in [4.78, 5) is 13.4. The first kappa shape index (κ1) is 29.1. The van der Waals surface area contributed by atoms with E-state index in [0.29, 0.717) is 23.5 Å². The molecule has 1 amide bonds. The van der Waals surface area contributed by atoms with Crippen LogP contribution in [0.2, 0.25) is 0 Å². The number of hydrogen-bond acceptors (Lipinski definition) is 6. The topological polar surface area (TPSA) is 113 Å². The molecule has 1 aromatic heterocycles. The Kier molecular flexibility index (Phi) is 8.82. The Morgan fingerprint density at radius 3 is 2.50 bits per heavy atom. The highest BCUT2D eigenvalue weighted by molar-refractivity contribution is 7.92. The molecule has 1 atom stereocenters. The highest BCUT2D eigenvalue weighted by atomic mass is 32.2. The minimum Gasteiger partial charge on any atom is -0.410 e. The molecule has 212 valence electrons. The number of carbonyl (C=O) groups is 1. The number of nitrogens with one attached hydrogen (secondary N) is 2. The molecule has 0 aliphatic rings. The van der Waals surface area contributed by atoms with Gasteiger partial charge in [-0.1, -0.05) is 30.3 Å². The highest BCUT2D eigenvalue weighted by Gasteiger charge is 2.21. The van der Waals surface area contributed by atoms with Gasteiger partial charge in [-0.25, -0.2) is 13.2 Å². The third kappa shape index (κ3) is 7.41. The first-order chi connectivity index (χ1) is 18.9. The van der Waals surface area contributed by atoms with Crippen molar-refractivity contribution in [2.24, 2.45) is 0 Å². The lowest BCUT2D eigenvalue weighted by atomic mass is 9.99. The van der Waals surface area contributed by atoms with E-state index in [2.05, 4.69) is 28.5 Å². The van der Waals surface area contributed by atoms with Crippen LogP contribution in [-0.4, -0.2) is 55.3 Å². The molecule has 40 heavy (non-hydrogen) atoms. The van der Waals surface area contributed by atoms with Crippen molar-refractivity contribution in [3.8, 4) is 5.75 Å². The lowest BCUT2D eigenvalue weighted by Crippen LogP contribution is -2.42. The quantitative estimate of drug-likeness (QED) is 0.237. The molecule has 0 fully saturated rings. The van der Waals surface area contributed by atoms with Crippen molar-refractivity contribution < 1.29 is 23.1 Å². The number of sulfonamides is 1. The van der Waals surface area contributed by atoms with Crippen LogP contribution >= 0.6 is 0 Å². The van der Waals surface area contributed by atoms with Crippen molar-refractivity contribution in [2.45, 2.75) is 43.4 Å². The lowest BCUT2D eigenvalue weighted by Gasteiger charge is -2.28. The molecular weight excluding hydrogens is 528 g/mol. The minimum atomic E-state index is -3.72. The molecule has 1 heterocycles. The zero-order valence-electron chi connectivity index (χ0n) is 23.2. The van der Waals surface area contributed by atoms with E-state index in [4.69, 9.17) is 4.74 Å². The molecule has 3 aromatic carbocycles. The summed E-state index contributed by atoms with van der Waals surface area (Å²) in [6.07, 6.45) is 1.55. The van der Waals surface area contributed by atoms with Crippen molar-refractivity contribution in [1.29, 1.82) is 0 Å². The number of nitrogens with zero attached hydrogens (tertiary/aromatic N) is 2. The molecule has 0 saturated carbocycles. The number of aryl methyl sites for hydroxylation is 1. The highest BCUT2D eigenvalue weighted by Crippen LogP contribution is 2.25. The van der Waals surface area contributed by atoms with Gasteiger partial charge in [0.05, 0.1) is 11.0 Å². The maximum Gasteiger partial charge on any atom is 0.414 e. The van der Waals surface area contributed by atoms with Crippen LogP contribution in [0.1, 0.15) is 31.9 Å². The van der Waals surface area contributed by atoms with Gasteiger partial charge in [0.15, 0.2) is 0 Å². The van der Waals surface area contributed by atoms with E-state index in [-0.39, 0.29) is 10.4 Å². The lowest BCUT2D eigenvalue weighted by molar-refractivity contribution is 0.158. The summed E-state index contributed by atoms with van der Waals surface area (Å²) in [6.45, 7) is 5.20. The summed E-state index contributed by atoms with van der Waals surface area (Å²) < 4.78 is 35.4. The average molecular weight is 565 g/mol. The van der Waals surface area contributed by atoms with E-state index in [9.17, 15) is 18.3 Å². The predicted octanol–water partition coefficient (Wildman–Crippen LogP) is 4.99. The number of β-amino-alcohol motifs (C(OH)–C–C–N with tert-alkyl or cyclic N) is 1. The number of hydrogen-bond donors (Lipinski definition) is 3. The SMILES string of the molecule is CN(C)C(=O)Oc1ccc2c(ccn2CCC(C)(C)NC[C@H](O)c2cccc(NS(=O)(=O)c3ccccc3)c2)c1. The molecule has 0 bridgehead atoms. The van der Waals surface area contributed by atoms with Crippen molar-refractivity contribution in [3.63, 3.8) is 0 Å². The van der Waals surface area contributed by atoms with Crippen LogP contribution in [0.3, 0.4) is 0 Å². The molecule has 0 saturated heterocycles. The fourth-order valence-corrected chi connectivity index (χ4v) is 5.30. The zero-order valence-corrected chi connectivity index (χ0v) is 24.0. The molecule has 0 unspecified atom stereocenters. The molecule has 9 nitrogen and oxygen atoms in total. The molecule has 0 aliphatic heterocycles. The normalized spacial score (nSPS) is 12.7. The maximum atomic E-state index is 12.7. The number of anilines is 1. The Morgan fingerprint density at radius 2 is 1.77 bits per heavy atom. The van der Waals surface area contributed by atoms with Crippen LogP contribution in [0.5, 0.6) is 5.75 Å². The number of ether oxygens (including phenoxy) is 1. The van der Waals surface area contributed by atoms with E-state index in [1.54, 1.807) is 62.6 Å². The van der Waals surface area contributed by atoms with Crippen LogP contribution in [-0.2, 0) is 16.6 Å². The maximum absolute atomic E-state index is 12.7. The Morgan fingerprint density at radius 1 is 1.02 bits per heavy atom. The summed E-state index contributed by atoms with van der Waals surface area (Å²) in [6, 6.07) is 22.5. The van der Waals surface area contributed by atoms with Crippen LogP contribution in [0.15, 0.2) is 90.0 Å². The van der Waals surface area contributed by atoms with Crippen LogP contribution in [0, 0.1) is 0 Å². The van der Waals surface area contributed by atoms with Gasteiger partial charge in [0.2, 0.25) is 0 Å².